The van der Waals surface area contributed by atoms with Crippen LogP contribution in [-0.2, 0) is 4.79 Å². The van der Waals surface area contributed by atoms with Gasteiger partial charge in [0, 0.05) is 13.1 Å². The van der Waals surface area contributed by atoms with E-state index in [0.29, 0.717) is 18.1 Å². The Hall–Kier alpha value is -3.22. The number of rotatable bonds is 9. The normalized spacial score (nSPS) is 9.88. The Morgan fingerprint density at radius 2 is 1.42 bits per heavy atom. The van der Waals surface area contributed by atoms with Crippen molar-refractivity contribution in [1.82, 2.24) is 10.6 Å². The lowest BCUT2D eigenvalue weighted by molar-refractivity contribution is -0.123. The zero-order valence-electron chi connectivity index (χ0n) is 14.6. The van der Waals surface area contributed by atoms with Crippen molar-refractivity contribution >= 4 is 12.0 Å². The lowest BCUT2D eigenvalue weighted by atomic mass is 10.3. The molecule has 0 aromatic heterocycles. The van der Waals surface area contributed by atoms with Crippen LogP contribution in [0.4, 0.5) is 4.79 Å². The van der Waals surface area contributed by atoms with Crippen molar-refractivity contribution in [3.8, 4) is 17.2 Å². The van der Waals surface area contributed by atoms with Crippen molar-refractivity contribution in [1.29, 1.82) is 0 Å². The highest BCUT2D eigenvalue weighted by molar-refractivity contribution is 5.77. The summed E-state index contributed by atoms with van der Waals surface area (Å²) in [5, 5.41) is 5.19. The van der Waals surface area contributed by atoms with E-state index in [1.54, 1.807) is 48.5 Å². The van der Waals surface area contributed by atoms with E-state index in [0.717, 1.165) is 5.75 Å². The topological polar surface area (TPSA) is 85.9 Å². The molecule has 0 atom stereocenters. The Balaban J connectivity index is 1.58. The van der Waals surface area contributed by atoms with E-state index in [1.165, 1.54) is 0 Å². The van der Waals surface area contributed by atoms with Crippen molar-refractivity contribution in [2.75, 3.05) is 26.3 Å². The summed E-state index contributed by atoms with van der Waals surface area (Å²) < 4.78 is 15.8. The molecule has 0 saturated carbocycles. The summed E-state index contributed by atoms with van der Waals surface area (Å²) in [5.74, 6) is 1.50. The van der Waals surface area contributed by atoms with Crippen LogP contribution < -0.4 is 24.8 Å². The third kappa shape index (κ3) is 7.12. The van der Waals surface area contributed by atoms with E-state index in [9.17, 15) is 9.59 Å². The quantitative estimate of drug-likeness (QED) is 0.672. The summed E-state index contributed by atoms with van der Waals surface area (Å²) in [6.07, 6.45) is -0.573. The fourth-order valence-corrected chi connectivity index (χ4v) is 2.00. The SMILES string of the molecule is CCOc1ccc(OCC(=O)NCCNC(=O)Oc2ccccc2)cc1. The Morgan fingerprint density at radius 3 is 2.08 bits per heavy atom. The smallest absolute Gasteiger partial charge is 0.412 e. The van der Waals surface area contributed by atoms with Crippen LogP contribution in [0.15, 0.2) is 54.6 Å². The molecule has 7 heteroatoms. The largest absolute Gasteiger partial charge is 0.494 e. The molecule has 0 unspecified atom stereocenters. The van der Waals surface area contributed by atoms with Crippen molar-refractivity contribution in [2.24, 2.45) is 0 Å². The molecule has 138 valence electrons. The van der Waals surface area contributed by atoms with Gasteiger partial charge in [-0.15, -0.1) is 0 Å². The molecule has 26 heavy (non-hydrogen) atoms. The van der Waals surface area contributed by atoms with Gasteiger partial charge < -0.3 is 24.8 Å². The van der Waals surface area contributed by atoms with Gasteiger partial charge in [0.2, 0.25) is 0 Å². The molecule has 2 N–H and O–H groups in total. The molecule has 0 heterocycles. The maximum absolute atomic E-state index is 11.7. The monoisotopic (exact) mass is 358 g/mol. The number of hydrogen-bond donors (Lipinski definition) is 2. The van der Waals surface area contributed by atoms with Crippen LogP contribution in [0.25, 0.3) is 0 Å². The average molecular weight is 358 g/mol. The maximum atomic E-state index is 11.7. The lowest BCUT2D eigenvalue weighted by Crippen LogP contribution is -2.37. The number of carbonyl (C=O) groups excluding carboxylic acids is 2. The van der Waals surface area contributed by atoms with Gasteiger partial charge in [0.15, 0.2) is 6.61 Å². The van der Waals surface area contributed by atoms with Crippen LogP contribution in [0.3, 0.4) is 0 Å². The molecule has 0 aliphatic carbocycles. The lowest BCUT2D eigenvalue weighted by Gasteiger charge is -2.09. The van der Waals surface area contributed by atoms with Crippen molar-refractivity contribution < 1.29 is 23.8 Å². The average Bonchev–Trinajstić information content (AvgIpc) is 2.66. The van der Waals surface area contributed by atoms with Gasteiger partial charge in [-0.2, -0.15) is 0 Å². The van der Waals surface area contributed by atoms with Crippen molar-refractivity contribution in [3.63, 3.8) is 0 Å². The van der Waals surface area contributed by atoms with Gasteiger partial charge in [-0.1, -0.05) is 18.2 Å². The van der Waals surface area contributed by atoms with E-state index < -0.39 is 6.09 Å². The Morgan fingerprint density at radius 1 is 0.808 bits per heavy atom. The molecule has 0 fully saturated rings. The van der Waals surface area contributed by atoms with Crippen LogP contribution in [0.1, 0.15) is 6.92 Å². The number of para-hydroxylation sites is 1. The maximum Gasteiger partial charge on any atom is 0.412 e. The molecule has 0 aliphatic heterocycles. The van der Waals surface area contributed by atoms with E-state index in [-0.39, 0.29) is 25.6 Å². The number of hydrogen-bond acceptors (Lipinski definition) is 5. The summed E-state index contributed by atoms with van der Waals surface area (Å²) in [6, 6.07) is 15.8. The molecular formula is C19H22N2O5. The third-order valence-electron chi connectivity index (χ3n) is 3.17. The molecule has 0 bridgehead atoms. The molecule has 0 radical (unpaired) electrons. The second kappa shape index (κ2) is 10.6. The minimum absolute atomic E-state index is 0.109. The number of carbonyl (C=O) groups is 2. The van der Waals surface area contributed by atoms with Gasteiger partial charge in [0.25, 0.3) is 5.91 Å². The Labute approximate surface area is 152 Å². The van der Waals surface area contributed by atoms with Crippen LogP contribution >= 0.6 is 0 Å². The summed E-state index contributed by atoms with van der Waals surface area (Å²) in [6.45, 7) is 2.92. The number of amides is 2. The zero-order valence-corrected chi connectivity index (χ0v) is 14.6. The first kappa shape index (κ1) is 19.1. The van der Waals surface area contributed by atoms with Crippen LogP contribution in [0.5, 0.6) is 17.2 Å². The Kier molecular flexibility index (Phi) is 7.79. The number of benzene rings is 2. The van der Waals surface area contributed by atoms with Gasteiger partial charge in [-0.3, -0.25) is 4.79 Å². The number of ether oxygens (including phenoxy) is 3. The van der Waals surface area contributed by atoms with Gasteiger partial charge in [-0.05, 0) is 43.3 Å². The van der Waals surface area contributed by atoms with Gasteiger partial charge in [0.05, 0.1) is 6.61 Å². The second-order valence-electron chi connectivity index (χ2n) is 5.17. The molecule has 2 aromatic rings. The summed E-state index contributed by atoms with van der Waals surface area (Å²) >= 11 is 0. The zero-order chi connectivity index (χ0) is 18.6. The fourth-order valence-electron chi connectivity index (χ4n) is 2.00. The van der Waals surface area contributed by atoms with Crippen molar-refractivity contribution in [2.45, 2.75) is 6.92 Å². The van der Waals surface area contributed by atoms with E-state index in [1.807, 2.05) is 13.0 Å². The van der Waals surface area contributed by atoms with Crippen LogP contribution in [0, 0.1) is 0 Å². The van der Waals surface area contributed by atoms with Crippen LogP contribution in [-0.4, -0.2) is 38.3 Å². The summed E-state index contributed by atoms with van der Waals surface area (Å²) in [7, 11) is 0. The predicted octanol–water partition coefficient (Wildman–Crippen LogP) is 2.37. The van der Waals surface area contributed by atoms with Crippen molar-refractivity contribution in [3.05, 3.63) is 54.6 Å². The Bertz CT molecular complexity index is 689. The first-order chi connectivity index (χ1) is 12.7. The standard InChI is InChI=1S/C19H22N2O5/c1-2-24-15-8-10-16(11-9-15)25-14-18(22)20-12-13-21-19(23)26-17-6-4-3-5-7-17/h3-11H,2,12-14H2,1H3,(H,20,22)(H,21,23). The highest BCUT2D eigenvalue weighted by atomic mass is 16.6. The minimum atomic E-state index is -0.573. The molecule has 0 aliphatic rings. The van der Waals surface area contributed by atoms with E-state index in [2.05, 4.69) is 10.6 Å². The molecule has 2 rings (SSSR count). The van der Waals surface area contributed by atoms with E-state index >= 15 is 0 Å². The molecular weight excluding hydrogens is 336 g/mol. The highest BCUT2D eigenvalue weighted by Gasteiger charge is 2.05. The fraction of sp³-hybridized carbons (Fsp3) is 0.263. The summed E-state index contributed by atoms with van der Waals surface area (Å²) in [4.78, 5) is 23.3. The van der Waals surface area contributed by atoms with Gasteiger partial charge in [-0.25, -0.2) is 4.79 Å². The molecule has 0 spiro atoms. The van der Waals surface area contributed by atoms with Gasteiger partial charge >= 0.3 is 6.09 Å². The molecule has 2 aromatic carbocycles. The first-order valence-electron chi connectivity index (χ1n) is 8.30. The highest BCUT2D eigenvalue weighted by Crippen LogP contribution is 2.17. The summed E-state index contributed by atoms with van der Waals surface area (Å²) in [5.41, 5.74) is 0. The molecule has 0 saturated heterocycles. The number of nitrogens with one attached hydrogen (secondary N) is 2. The predicted molar refractivity (Wildman–Crippen MR) is 96.6 cm³/mol. The molecule has 7 nitrogen and oxygen atoms in total. The van der Waals surface area contributed by atoms with Gasteiger partial charge in [0.1, 0.15) is 17.2 Å². The van der Waals surface area contributed by atoms with E-state index in [4.69, 9.17) is 14.2 Å². The second-order valence-corrected chi connectivity index (χ2v) is 5.17. The third-order valence-corrected chi connectivity index (χ3v) is 3.17. The first-order valence-corrected chi connectivity index (χ1v) is 8.30. The minimum Gasteiger partial charge on any atom is -0.494 e. The van der Waals surface area contributed by atoms with Crippen LogP contribution in [0.2, 0.25) is 0 Å². The molecule has 2 amide bonds.